The topological polar surface area (TPSA) is 67.0 Å². The van der Waals surface area contributed by atoms with Crippen molar-refractivity contribution in [3.63, 3.8) is 0 Å². The summed E-state index contributed by atoms with van der Waals surface area (Å²) in [5.41, 5.74) is 2.66. The van der Waals surface area contributed by atoms with Crippen LogP contribution in [0, 0.1) is 6.92 Å². The molecule has 0 aliphatic rings. The Bertz CT molecular complexity index is 555. The number of rotatable bonds is 4. The van der Waals surface area contributed by atoms with Crippen LogP contribution >= 0.6 is 0 Å². The number of hydrogen-bond acceptors (Lipinski definition) is 3. The molecule has 2 aromatic heterocycles. The fourth-order valence-corrected chi connectivity index (χ4v) is 1.69. The Kier molecular flexibility index (Phi) is 3.62. The average molecular weight is 244 g/mol. The van der Waals surface area contributed by atoms with Gasteiger partial charge in [0.1, 0.15) is 12.1 Å². The van der Waals surface area contributed by atoms with Crippen molar-refractivity contribution < 1.29 is 14.6 Å². The summed E-state index contributed by atoms with van der Waals surface area (Å²) in [5.74, 6) is -0.823. The third kappa shape index (κ3) is 2.88. The van der Waals surface area contributed by atoms with Gasteiger partial charge in [0, 0.05) is 17.8 Å². The largest absolute Gasteiger partial charge is 0.481 e. The molecule has 0 saturated heterocycles. The quantitative estimate of drug-likeness (QED) is 0.821. The standard InChI is InChI=1S/C13H13N3O2/c1-10-11(12-4-2-3-7-14-12)5-8-16(15-10)9-6-13(17)18/h2-5,7-8H,6,9H2,1H3/p+1. The van der Waals surface area contributed by atoms with Crippen molar-refractivity contribution >= 4 is 5.97 Å². The molecule has 5 heteroatoms. The first-order chi connectivity index (χ1) is 8.66. The molecule has 0 unspecified atom stereocenters. The van der Waals surface area contributed by atoms with Gasteiger partial charge in [-0.2, -0.15) is 0 Å². The fraction of sp³-hybridized carbons (Fsp3) is 0.231. The summed E-state index contributed by atoms with van der Waals surface area (Å²) in [6.07, 6.45) is 3.58. The van der Waals surface area contributed by atoms with Crippen LogP contribution in [0.25, 0.3) is 11.3 Å². The Labute approximate surface area is 105 Å². The molecule has 92 valence electrons. The molecule has 0 aromatic carbocycles. The van der Waals surface area contributed by atoms with Crippen LogP contribution in [-0.2, 0) is 11.3 Å². The zero-order valence-corrected chi connectivity index (χ0v) is 10.1. The molecule has 0 aliphatic heterocycles. The van der Waals surface area contributed by atoms with Gasteiger partial charge in [0.25, 0.3) is 0 Å². The van der Waals surface area contributed by atoms with Crippen LogP contribution in [0.3, 0.4) is 0 Å². The van der Waals surface area contributed by atoms with E-state index in [2.05, 4.69) is 10.1 Å². The predicted octanol–water partition coefficient (Wildman–Crippen LogP) is 1.21. The lowest BCUT2D eigenvalue weighted by molar-refractivity contribution is -0.753. The Morgan fingerprint density at radius 3 is 2.83 bits per heavy atom. The monoisotopic (exact) mass is 244 g/mol. The van der Waals surface area contributed by atoms with E-state index in [4.69, 9.17) is 5.11 Å². The highest BCUT2D eigenvalue weighted by molar-refractivity contribution is 5.66. The zero-order chi connectivity index (χ0) is 13.0. The molecule has 5 nitrogen and oxygen atoms in total. The number of carboxylic acids is 1. The lowest BCUT2D eigenvalue weighted by Gasteiger charge is -2.02. The summed E-state index contributed by atoms with van der Waals surface area (Å²) in [7, 11) is 0. The third-order valence-corrected chi connectivity index (χ3v) is 2.58. The molecule has 0 fully saturated rings. The summed E-state index contributed by atoms with van der Waals surface area (Å²) in [6, 6.07) is 7.62. The van der Waals surface area contributed by atoms with Gasteiger partial charge in [0.05, 0.1) is 5.69 Å². The van der Waals surface area contributed by atoms with E-state index < -0.39 is 5.97 Å². The molecule has 0 aliphatic carbocycles. The van der Waals surface area contributed by atoms with Crippen LogP contribution in [0.4, 0.5) is 0 Å². The smallest absolute Gasteiger partial charge is 0.309 e. The van der Waals surface area contributed by atoms with Crippen LogP contribution < -0.4 is 4.68 Å². The number of pyridine rings is 1. The minimum absolute atomic E-state index is 0.0695. The average Bonchev–Trinajstić information content (AvgIpc) is 2.37. The molecule has 2 aromatic rings. The first-order valence-corrected chi connectivity index (χ1v) is 5.67. The van der Waals surface area contributed by atoms with Crippen molar-refractivity contribution in [3.8, 4) is 11.3 Å². The van der Waals surface area contributed by atoms with Crippen LogP contribution in [-0.4, -0.2) is 21.2 Å². The van der Waals surface area contributed by atoms with Gasteiger partial charge in [-0.15, -0.1) is 0 Å². The van der Waals surface area contributed by atoms with E-state index in [1.54, 1.807) is 17.1 Å². The van der Waals surface area contributed by atoms with Gasteiger partial charge in [-0.25, -0.2) is 0 Å². The molecular formula is C13H14N3O2+. The maximum atomic E-state index is 10.5. The van der Waals surface area contributed by atoms with Crippen molar-refractivity contribution in [1.82, 2.24) is 10.1 Å². The fourth-order valence-electron chi connectivity index (χ4n) is 1.69. The second kappa shape index (κ2) is 5.35. The zero-order valence-electron chi connectivity index (χ0n) is 10.1. The molecule has 0 bridgehead atoms. The summed E-state index contributed by atoms with van der Waals surface area (Å²) >= 11 is 0. The number of aliphatic carboxylic acids is 1. The Morgan fingerprint density at radius 2 is 2.22 bits per heavy atom. The number of nitrogens with zero attached hydrogens (tertiary/aromatic N) is 3. The highest BCUT2D eigenvalue weighted by Gasteiger charge is 2.11. The first-order valence-electron chi connectivity index (χ1n) is 5.67. The first kappa shape index (κ1) is 12.2. The van der Waals surface area contributed by atoms with Crippen molar-refractivity contribution in [2.45, 2.75) is 19.9 Å². The third-order valence-electron chi connectivity index (χ3n) is 2.58. The number of aryl methyl sites for hydroxylation is 2. The molecule has 0 radical (unpaired) electrons. The minimum atomic E-state index is -0.823. The van der Waals surface area contributed by atoms with Crippen molar-refractivity contribution in [2.75, 3.05) is 0 Å². The molecule has 18 heavy (non-hydrogen) atoms. The molecule has 1 N–H and O–H groups in total. The predicted molar refractivity (Wildman–Crippen MR) is 64.7 cm³/mol. The molecular weight excluding hydrogens is 230 g/mol. The molecule has 2 heterocycles. The second-order valence-electron chi connectivity index (χ2n) is 3.94. The SMILES string of the molecule is Cc1n[n+](CCC(=O)O)ccc1-c1ccccn1. The molecule has 0 atom stereocenters. The van der Waals surface area contributed by atoms with E-state index in [0.29, 0.717) is 6.54 Å². The summed E-state index contributed by atoms with van der Waals surface area (Å²) < 4.78 is 1.63. The van der Waals surface area contributed by atoms with E-state index >= 15 is 0 Å². The van der Waals surface area contributed by atoms with Gasteiger partial charge in [-0.3, -0.25) is 9.78 Å². The van der Waals surface area contributed by atoms with Gasteiger partial charge in [-0.05, 0) is 24.2 Å². The van der Waals surface area contributed by atoms with Crippen molar-refractivity contribution in [2.24, 2.45) is 0 Å². The van der Waals surface area contributed by atoms with Crippen LogP contribution in [0.5, 0.6) is 0 Å². The van der Waals surface area contributed by atoms with E-state index in [1.165, 1.54) is 0 Å². The summed E-state index contributed by atoms with van der Waals surface area (Å²) in [4.78, 5) is 14.8. The van der Waals surface area contributed by atoms with Gasteiger partial charge >= 0.3 is 5.97 Å². The van der Waals surface area contributed by atoms with Crippen LogP contribution in [0.2, 0.25) is 0 Å². The van der Waals surface area contributed by atoms with E-state index in [-0.39, 0.29) is 6.42 Å². The van der Waals surface area contributed by atoms with Gasteiger partial charge in [0.2, 0.25) is 0 Å². The van der Waals surface area contributed by atoms with Gasteiger partial charge < -0.3 is 5.11 Å². The van der Waals surface area contributed by atoms with Gasteiger partial charge in [0.15, 0.2) is 12.7 Å². The molecule has 0 amide bonds. The van der Waals surface area contributed by atoms with Crippen LogP contribution in [0.1, 0.15) is 12.1 Å². The Morgan fingerprint density at radius 1 is 1.39 bits per heavy atom. The van der Waals surface area contributed by atoms with E-state index in [1.807, 2.05) is 31.2 Å². The summed E-state index contributed by atoms with van der Waals surface area (Å²) in [6.45, 7) is 2.26. The lowest BCUT2D eigenvalue weighted by atomic mass is 10.1. The summed E-state index contributed by atoms with van der Waals surface area (Å²) in [5, 5.41) is 13.0. The molecule has 0 spiro atoms. The second-order valence-corrected chi connectivity index (χ2v) is 3.94. The Hall–Kier alpha value is -2.30. The Balaban J connectivity index is 2.23. The molecule has 0 saturated carbocycles. The van der Waals surface area contributed by atoms with Crippen LogP contribution in [0.15, 0.2) is 36.7 Å². The maximum Gasteiger partial charge on any atom is 0.309 e. The normalized spacial score (nSPS) is 10.3. The lowest BCUT2D eigenvalue weighted by Crippen LogP contribution is -2.39. The van der Waals surface area contributed by atoms with E-state index in [9.17, 15) is 4.79 Å². The van der Waals surface area contributed by atoms with E-state index in [0.717, 1.165) is 17.0 Å². The van der Waals surface area contributed by atoms with Crippen molar-refractivity contribution in [3.05, 3.63) is 42.4 Å². The number of hydrogen-bond donors (Lipinski definition) is 1. The molecule has 2 rings (SSSR count). The van der Waals surface area contributed by atoms with Gasteiger partial charge in [-0.1, -0.05) is 10.7 Å². The van der Waals surface area contributed by atoms with Crippen molar-refractivity contribution in [1.29, 1.82) is 0 Å². The maximum absolute atomic E-state index is 10.5. The highest BCUT2D eigenvalue weighted by atomic mass is 16.4. The highest BCUT2D eigenvalue weighted by Crippen LogP contribution is 2.17. The number of carboxylic acid groups (broad SMARTS) is 1. The number of aromatic nitrogens is 3. The number of carbonyl (C=O) groups is 1. The minimum Gasteiger partial charge on any atom is -0.481 e.